The molecular weight excluding hydrogens is 254 g/mol. The molecule has 2 heterocycles. The Kier molecular flexibility index (Phi) is 4.28. The maximum atomic E-state index is 12.3. The Balaban J connectivity index is 2.22. The molecule has 0 radical (unpaired) electrons. The molecule has 1 aromatic heterocycles. The molecule has 2 rings (SSSR count). The van der Waals surface area contributed by atoms with E-state index in [0.29, 0.717) is 13.1 Å². The maximum Gasteiger partial charge on any atom is 0.410 e. The summed E-state index contributed by atoms with van der Waals surface area (Å²) in [7, 11) is 0. The molecule has 2 N–H and O–H groups in total. The van der Waals surface area contributed by atoms with Crippen molar-refractivity contribution in [2.75, 3.05) is 13.1 Å². The molecule has 1 fully saturated rings. The second kappa shape index (κ2) is 5.79. The van der Waals surface area contributed by atoms with Gasteiger partial charge in [-0.2, -0.15) is 0 Å². The van der Waals surface area contributed by atoms with Gasteiger partial charge in [0.1, 0.15) is 5.60 Å². The van der Waals surface area contributed by atoms with E-state index >= 15 is 0 Å². The zero-order valence-corrected chi connectivity index (χ0v) is 12.4. The largest absolute Gasteiger partial charge is 0.444 e. The molecular formula is C15H23N3O2. The second-order valence-corrected chi connectivity index (χ2v) is 6.19. The molecule has 5 nitrogen and oxygen atoms in total. The minimum absolute atomic E-state index is 0.0384. The first-order chi connectivity index (χ1) is 9.42. The van der Waals surface area contributed by atoms with E-state index in [-0.39, 0.29) is 18.1 Å². The van der Waals surface area contributed by atoms with Gasteiger partial charge in [-0.05, 0) is 51.3 Å². The number of carbonyl (C=O) groups is 1. The molecule has 0 aliphatic carbocycles. The van der Waals surface area contributed by atoms with Crippen molar-refractivity contribution in [1.82, 2.24) is 9.88 Å². The van der Waals surface area contributed by atoms with Crippen LogP contribution in [0.5, 0.6) is 0 Å². The van der Waals surface area contributed by atoms with E-state index in [9.17, 15) is 4.79 Å². The average molecular weight is 277 g/mol. The molecule has 0 spiro atoms. The van der Waals surface area contributed by atoms with Crippen LogP contribution >= 0.6 is 0 Å². The highest BCUT2D eigenvalue weighted by Crippen LogP contribution is 2.37. The number of amides is 1. The van der Waals surface area contributed by atoms with Crippen LogP contribution in [0.4, 0.5) is 4.79 Å². The Morgan fingerprint density at radius 1 is 1.55 bits per heavy atom. The maximum absolute atomic E-state index is 12.3. The van der Waals surface area contributed by atoms with E-state index in [0.717, 1.165) is 12.0 Å². The Morgan fingerprint density at radius 2 is 2.30 bits per heavy atom. The molecule has 5 heteroatoms. The SMILES string of the molecule is CC(C)(C)OC(=O)N1CCC(CN)C1c1cccnc1. The topological polar surface area (TPSA) is 68.5 Å². The third kappa shape index (κ3) is 3.28. The molecule has 1 aliphatic rings. The lowest BCUT2D eigenvalue weighted by Gasteiger charge is -2.30. The van der Waals surface area contributed by atoms with Crippen molar-refractivity contribution in [2.24, 2.45) is 11.7 Å². The van der Waals surface area contributed by atoms with Crippen LogP contribution in [0.15, 0.2) is 24.5 Å². The van der Waals surface area contributed by atoms with Gasteiger partial charge in [0.05, 0.1) is 6.04 Å². The van der Waals surface area contributed by atoms with Gasteiger partial charge in [0.25, 0.3) is 0 Å². The van der Waals surface area contributed by atoms with Crippen molar-refractivity contribution in [3.63, 3.8) is 0 Å². The third-order valence-electron chi connectivity index (χ3n) is 3.48. The first-order valence-corrected chi connectivity index (χ1v) is 7.02. The van der Waals surface area contributed by atoms with E-state index in [1.807, 2.05) is 32.9 Å². The summed E-state index contributed by atoms with van der Waals surface area (Å²) < 4.78 is 5.49. The van der Waals surface area contributed by atoms with Gasteiger partial charge in [0.2, 0.25) is 0 Å². The van der Waals surface area contributed by atoms with E-state index in [1.54, 1.807) is 17.3 Å². The normalized spacial score (nSPS) is 22.9. The van der Waals surface area contributed by atoms with Crippen LogP contribution in [-0.2, 0) is 4.74 Å². The molecule has 1 aliphatic heterocycles. The number of hydrogen-bond acceptors (Lipinski definition) is 4. The van der Waals surface area contributed by atoms with Gasteiger partial charge >= 0.3 is 6.09 Å². The summed E-state index contributed by atoms with van der Waals surface area (Å²) >= 11 is 0. The first kappa shape index (κ1) is 14.8. The zero-order chi connectivity index (χ0) is 14.8. The molecule has 1 aromatic rings. The number of ether oxygens (including phenoxy) is 1. The summed E-state index contributed by atoms with van der Waals surface area (Å²) in [6, 6.07) is 3.83. The van der Waals surface area contributed by atoms with Gasteiger partial charge < -0.3 is 15.4 Å². The minimum atomic E-state index is -0.489. The fourth-order valence-corrected chi connectivity index (χ4v) is 2.63. The highest BCUT2D eigenvalue weighted by molar-refractivity contribution is 5.69. The molecule has 2 atom stereocenters. The molecule has 110 valence electrons. The number of aromatic nitrogens is 1. The monoisotopic (exact) mass is 277 g/mol. The molecule has 0 saturated carbocycles. The second-order valence-electron chi connectivity index (χ2n) is 6.19. The van der Waals surface area contributed by atoms with Crippen LogP contribution in [-0.4, -0.2) is 34.7 Å². The van der Waals surface area contributed by atoms with Gasteiger partial charge in [-0.15, -0.1) is 0 Å². The quantitative estimate of drug-likeness (QED) is 0.901. The lowest BCUT2D eigenvalue weighted by atomic mass is 9.95. The van der Waals surface area contributed by atoms with Gasteiger partial charge in [-0.25, -0.2) is 4.79 Å². The fourth-order valence-electron chi connectivity index (χ4n) is 2.63. The van der Waals surface area contributed by atoms with E-state index < -0.39 is 5.60 Å². The first-order valence-electron chi connectivity index (χ1n) is 7.02. The van der Waals surface area contributed by atoms with Crippen molar-refractivity contribution in [2.45, 2.75) is 38.8 Å². The van der Waals surface area contributed by atoms with Gasteiger partial charge in [-0.1, -0.05) is 6.07 Å². The Morgan fingerprint density at radius 3 is 2.85 bits per heavy atom. The van der Waals surface area contributed by atoms with E-state index in [4.69, 9.17) is 10.5 Å². The molecule has 20 heavy (non-hydrogen) atoms. The Hall–Kier alpha value is -1.62. The molecule has 1 amide bonds. The van der Waals surface area contributed by atoms with Crippen molar-refractivity contribution >= 4 is 6.09 Å². The number of nitrogens with zero attached hydrogens (tertiary/aromatic N) is 2. The predicted molar refractivity (Wildman–Crippen MR) is 77.1 cm³/mol. The number of pyridine rings is 1. The lowest BCUT2D eigenvalue weighted by Crippen LogP contribution is -2.38. The Labute approximate surface area is 120 Å². The Bertz CT molecular complexity index is 456. The van der Waals surface area contributed by atoms with Crippen molar-refractivity contribution in [3.05, 3.63) is 30.1 Å². The number of hydrogen-bond donors (Lipinski definition) is 1. The fraction of sp³-hybridized carbons (Fsp3) is 0.600. The van der Waals surface area contributed by atoms with E-state index in [1.165, 1.54) is 0 Å². The van der Waals surface area contributed by atoms with Crippen molar-refractivity contribution in [1.29, 1.82) is 0 Å². The minimum Gasteiger partial charge on any atom is -0.444 e. The molecule has 0 aromatic carbocycles. The van der Waals surface area contributed by atoms with Crippen LogP contribution in [0, 0.1) is 5.92 Å². The third-order valence-corrected chi connectivity index (χ3v) is 3.48. The van der Waals surface area contributed by atoms with Crippen LogP contribution < -0.4 is 5.73 Å². The van der Waals surface area contributed by atoms with Gasteiger partial charge in [-0.3, -0.25) is 4.98 Å². The average Bonchev–Trinajstić information content (AvgIpc) is 2.81. The van der Waals surface area contributed by atoms with Crippen molar-refractivity contribution < 1.29 is 9.53 Å². The molecule has 2 unspecified atom stereocenters. The summed E-state index contributed by atoms with van der Waals surface area (Å²) in [5.41, 5.74) is 6.38. The van der Waals surface area contributed by atoms with Crippen LogP contribution in [0.3, 0.4) is 0 Å². The van der Waals surface area contributed by atoms with Gasteiger partial charge in [0.15, 0.2) is 0 Å². The summed E-state index contributed by atoms with van der Waals surface area (Å²) in [6.45, 7) is 6.86. The number of likely N-dealkylation sites (tertiary alicyclic amines) is 1. The number of rotatable bonds is 2. The van der Waals surface area contributed by atoms with E-state index in [2.05, 4.69) is 4.98 Å². The van der Waals surface area contributed by atoms with Gasteiger partial charge in [0, 0.05) is 18.9 Å². The highest BCUT2D eigenvalue weighted by atomic mass is 16.6. The summed E-state index contributed by atoms with van der Waals surface area (Å²) in [4.78, 5) is 18.3. The van der Waals surface area contributed by atoms with Crippen LogP contribution in [0.25, 0.3) is 0 Å². The highest BCUT2D eigenvalue weighted by Gasteiger charge is 2.39. The molecule has 1 saturated heterocycles. The standard InChI is InChI=1S/C15H23N3O2/c1-15(2,3)20-14(19)18-8-6-11(9-16)13(18)12-5-4-7-17-10-12/h4-5,7,10-11,13H,6,8-9,16H2,1-3H3. The summed E-state index contributed by atoms with van der Waals surface area (Å²) in [6.07, 6.45) is 4.15. The zero-order valence-electron chi connectivity index (χ0n) is 12.4. The van der Waals surface area contributed by atoms with Crippen molar-refractivity contribution in [3.8, 4) is 0 Å². The van der Waals surface area contributed by atoms with Crippen LogP contribution in [0.2, 0.25) is 0 Å². The predicted octanol–water partition coefficient (Wildman–Crippen LogP) is 2.34. The summed E-state index contributed by atoms with van der Waals surface area (Å²) in [5, 5.41) is 0. The number of carbonyl (C=O) groups excluding carboxylic acids is 1. The molecule has 0 bridgehead atoms. The number of nitrogens with two attached hydrogens (primary N) is 1. The van der Waals surface area contributed by atoms with Crippen LogP contribution in [0.1, 0.15) is 38.8 Å². The lowest BCUT2D eigenvalue weighted by molar-refractivity contribution is 0.0206. The summed E-state index contributed by atoms with van der Waals surface area (Å²) in [5.74, 6) is 0.256. The smallest absolute Gasteiger partial charge is 0.410 e.